The van der Waals surface area contributed by atoms with Crippen molar-refractivity contribution in [3.05, 3.63) is 16.0 Å². The number of fused-ring (bicyclic) bond motifs is 1. The smallest absolute Gasteiger partial charge is 0.280 e. The summed E-state index contributed by atoms with van der Waals surface area (Å²) < 4.78 is 5.26. The lowest BCUT2D eigenvalue weighted by atomic mass is 10.4. The number of nitrogens with two attached hydrogens (primary N) is 1. The molecule has 0 radical (unpaired) electrons. The zero-order valence-corrected chi connectivity index (χ0v) is 8.94. The van der Waals surface area contributed by atoms with Gasteiger partial charge in [0.15, 0.2) is 11.2 Å². The molecule has 7 nitrogen and oxygen atoms in total. The van der Waals surface area contributed by atoms with Crippen molar-refractivity contribution in [1.29, 1.82) is 0 Å². The third-order valence-electron chi connectivity index (χ3n) is 1.97. The zero-order valence-electron chi connectivity index (χ0n) is 8.94. The Balaban J connectivity index is 2.74. The van der Waals surface area contributed by atoms with Gasteiger partial charge in [0.25, 0.3) is 5.56 Å². The van der Waals surface area contributed by atoms with Gasteiger partial charge in [0.2, 0.25) is 11.8 Å². The number of aromatic nitrogens is 4. The minimum Gasteiger partial charge on any atom is -0.477 e. The molecule has 0 amide bonds. The fraction of sp³-hybridized carbons (Fsp3) is 0.333. The first-order valence-corrected chi connectivity index (χ1v) is 4.78. The summed E-state index contributed by atoms with van der Waals surface area (Å²) in [5, 5.41) is 0. The highest BCUT2D eigenvalue weighted by molar-refractivity contribution is 5.70. The van der Waals surface area contributed by atoms with Crippen LogP contribution in [0.25, 0.3) is 11.2 Å². The molecule has 0 aliphatic carbocycles. The number of hydrogen-bond acceptors (Lipinski definition) is 6. The summed E-state index contributed by atoms with van der Waals surface area (Å²) in [6.45, 7) is 4.03. The van der Waals surface area contributed by atoms with Gasteiger partial charge in [-0.1, -0.05) is 0 Å². The van der Waals surface area contributed by atoms with Gasteiger partial charge in [0.1, 0.15) is 5.69 Å². The van der Waals surface area contributed by atoms with Crippen LogP contribution in [-0.2, 0) is 0 Å². The Kier molecular flexibility index (Phi) is 2.43. The monoisotopic (exact) mass is 221 g/mol. The van der Waals surface area contributed by atoms with E-state index in [1.807, 2.05) is 6.92 Å². The summed E-state index contributed by atoms with van der Waals surface area (Å²) >= 11 is 0. The molecule has 0 fully saturated rings. The van der Waals surface area contributed by atoms with Gasteiger partial charge >= 0.3 is 0 Å². The van der Waals surface area contributed by atoms with E-state index in [0.717, 1.165) is 0 Å². The number of ether oxygens (including phenoxy) is 1. The predicted octanol–water partition coefficient (Wildman–Crippen LogP) is 0.00242. The number of rotatable bonds is 2. The lowest BCUT2D eigenvalue weighted by Crippen LogP contribution is -2.14. The number of anilines is 1. The largest absolute Gasteiger partial charge is 0.477 e. The van der Waals surface area contributed by atoms with E-state index in [1.54, 1.807) is 6.92 Å². The number of H-pyrrole nitrogens is 1. The van der Waals surface area contributed by atoms with Crippen LogP contribution < -0.4 is 16.0 Å². The maximum atomic E-state index is 11.5. The quantitative estimate of drug-likeness (QED) is 0.739. The first-order valence-electron chi connectivity index (χ1n) is 4.78. The third-order valence-corrected chi connectivity index (χ3v) is 1.97. The Morgan fingerprint density at radius 1 is 1.38 bits per heavy atom. The van der Waals surface area contributed by atoms with Crippen molar-refractivity contribution in [3.63, 3.8) is 0 Å². The molecular weight excluding hydrogens is 210 g/mol. The van der Waals surface area contributed by atoms with Crippen molar-refractivity contribution < 1.29 is 4.74 Å². The van der Waals surface area contributed by atoms with Crippen LogP contribution >= 0.6 is 0 Å². The molecule has 2 aromatic heterocycles. The maximum Gasteiger partial charge on any atom is 0.280 e. The van der Waals surface area contributed by atoms with Gasteiger partial charge in [-0.05, 0) is 13.8 Å². The van der Waals surface area contributed by atoms with Crippen molar-refractivity contribution in [2.45, 2.75) is 13.8 Å². The van der Waals surface area contributed by atoms with Gasteiger partial charge in [0.05, 0.1) is 6.61 Å². The van der Waals surface area contributed by atoms with Gasteiger partial charge in [-0.3, -0.25) is 9.78 Å². The molecule has 2 heterocycles. The second-order valence-corrected chi connectivity index (χ2v) is 3.17. The molecule has 0 bridgehead atoms. The Bertz CT molecular complexity index is 592. The van der Waals surface area contributed by atoms with Crippen LogP contribution in [0.15, 0.2) is 4.79 Å². The van der Waals surface area contributed by atoms with Crippen LogP contribution in [0, 0.1) is 6.92 Å². The Hall–Kier alpha value is -2.18. The van der Waals surface area contributed by atoms with Crippen LogP contribution in [0.2, 0.25) is 0 Å². The third kappa shape index (κ3) is 1.67. The van der Waals surface area contributed by atoms with Crippen molar-refractivity contribution in [2.24, 2.45) is 0 Å². The molecule has 0 aliphatic heterocycles. The SMILES string of the molecule is CCOc1nc2nc(N)[nH]c(=O)c2nc1C. The first-order chi connectivity index (χ1) is 7.61. The molecule has 2 rings (SSSR count). The van der Waals surface area contributed by atoms with Crippen LogP contribution in [0.5, 0.6) is 5.88 Å². The summed E-state index contributed by atoms with van der Waals surface area (Å²) in [7, 11) is 0. The molecule has 0 spiro atoms. The number of aryl methyl sites for hydroxylation is 1. The normalized spacial score (nSPS) is 10.6. The lowest BCUT2D eigenvalue weighted by Gasteiger charge is -2.05. The van der Waals surface area contributed by atoms with E-state index in [1.165, 1.54) is 0 Å². The number of hydrogen-bond donors (Lipinski definition) is 2. The molecule has 0 saturated heterocycles. The van der Waals surface area contributed by atoms with Gasteiger partial charge in [0, 0.05) is 0 Å². The standard InChI is InChI=1S/C9H11N5O2/c1-3-16-8-4(2)11-5-6(12-8)13-9(10)14-7(5)15/h3H2,1-2H3,(H3,10,12,13,14,15). The summed E-state index contributed by atoms with van der Waals surface area (Å²) in [6.07, 6.45) is 0. The molecular formula is C9H11N5O2. The molecule has 3 N–H and O–H groups in total. The molecule has 0 saturated carbocycles. The number of nitrogens with zero attached hydrogens (tertiary/aromatic N) is 3. The summed E-state index contributed by atoms with van der Waals surface area (Å²) in [5.74, 6) is 0.380. The number of aromatic amines is 1. The highest BCUT2D eigenvalue weighted by Gasteiger charge is 2.10. The fourth-order valence-electron chi connectivity index (χ4n) is 1.32. The van der Waals surface area contributed by atoms with Gasteiger partial charge in [-0.15, -0.1) is 0 Å². The topological polar surface area (TPSA) is 107 Å². The second kappa shape index (κ2) is 3.76. The molecule has 0 atom stereocenters. The number of nitrogens with one attached hydrogen (secondary N) is 1. The minimum absolute atomic E-state index is 0.0121. The predicted molar refractivity (Wildman–Crippen MR) is 58.3 cm³/mol. The van der Waals surface area contributed by atoms with E-state index in [0.29, 0.717) is 18.2 Å². The first kappa shape index (κ1) is 10.3. The second-order valence-electron chi connectivity index (χ2n) is 3.17. The van der Waals surface area contributed by atoms with Crippen molar-refractivity contribution in [2.75, 3.05) is 12.3 Å². The zero-order chi connectivity index (χ0) is 11.7. The molecule has 0 aromatic carbocycles. The molecule has 2 aromatic rings. The van der Waals surface area contributed by atoms with Crippen LogP contribution in [0.1, 0.15) is 12.6 Å². The molecule has 0 unspecified atom stereocenters. The maximum absolute atomic E-state index is 11.5. The van der Waals surface area contributed by atoms with E-state index < -0.39 is 5.56 Å². The van der Waals surface area contributed by atoms with Crippen molar-refractivity contribution in [1.82, 2.24) is 19.9 Å². The van der Waals surface area contributed by atoms with E-state index in [9.17, 15) is 4.79 Å². The van der Waals surface area contributed by atoms with E-state index in [4.69, 9.17) is 10.5 Å². The molecule has 84 valence electrons. The molecule has 7 heteroatoms. The van der Waals surface area contributed by atoms with Crippen LogP contribution in [-0.4, -0.2) is 26.5 Å². The summed E-state index contributed by atoms with van der Waals surface area (Å²) in [6, 6.07) is 0. The Morgan fingerprint density at radius 3 is 2.81 bits per heavy atom. The van der Waals surface area contributed by atoms with Gasteiger partial charge < -0.3 is 10.5 Å². The van der Waals surface area contributed by atoms with Gasteiger partial charge in [-0.2, -0.15) is 9.97 Å². The average molecular weight is 221 g/mol. The summed E-state index contributed by atoms with van der Waals surface area (Å²) in [5.41, 5.74) is 5.91. The average Bonchev–Trinajstić information content (AvgIpc) is 2.21. The van der Waals surface area contributed by atoms with E-state index in [2.05, 4.69) is 19.9 Å². The van der Waals surface area contributed by atoms with Crippen LogP contribution in [0.3, 0.4) is 0 Å². The lowest BCUT2D eigenvalue weighted by molar-refractivity contribution is 0.323. The fourth-order valence-corrected chi connectivity index (χ4v) is 1.32. The Morgan fingerprint density at radius 2 is 2.12 bits per heavy atom. The van der Waals surface area contributed by atoms with E-state index in [-0.39, 0.29) is 17.1 Å². The van der Waals surface area contributed by atoms with Crippen molar-refractivity contribution in [3.8, 4) is 5.88 Å². The highest BCUT2D eigenvalue weighted by atomic mass is 16.5. The highest BCUT2D eigenvalue weighted by Crippen LogP contribution is 2.14. The summed E-state index contributed by atoms with van der Waals surface area (Å²) in [4.78, 5) is 25.9. The van der Waals surface area contributed by atoms with E-state index >= 15 is 0 Å². The van der Waals surface area contributed by atoms with Gasteiger partial charge in [-0.25, -0.2) is 4.98 Å². The number of nitrogen functional groups attached to an aromatic ring is 1. The van der Waals surface area contributed by atoms with Crippen molar-refractivity contribution >= 4 is 17.1 Å². The molecule has 16 heavy (non-hydrogen) atoms. The minimum atomic E-state index is -0.402. The van der Waals surface area contributed by atoms with Crippen LogP contribution in [0.4, 0.5) is 5.95 Å². The Labute approximate surface area is 90.7 Å². The molecule has 0 aliphatic rings.